The predicted octanol–water partition coefficient (Wildman–Crippen LogP) is 1.65. The Morgan fingerprint density at radius 1 is 1.33 bits per heavy atom. The third-order valence-electron chi connectivity index (χ3n) is 1.85. The second kappa shape index (κ2) is 6.05. The van der Waals surface area contributed by atoms with Gasteiger partial charge in [0.1, 0.15) is 0 Å². The zero-order valence-corrected chi connectivity index (χ0v) is 10.1. The topological polar surface area (TPSA) is 51.1 Å². The van der Waals surface area contributed by atoms with E-state index in [1.807, 2.05) is 11.8 Å². The van der Waals surface area contributed by atoms with Gasteiger partial charge in [-0.15, -0.1) is 10.2 Å². The second-order valence-electron chi connectivity index (χ2n) is 2.77. The first kappa shape index (κ1) is 12.4. The fraction of sp³-hybridized carbons (Fsp3) is 0.625. The fourth-order valence-electron chi connectivity index (χ4n) is 1.10. The standard InChI is InChI=1S/C8H12Cl2N4O/c1-3-14(4-5-15-2)7-6(9)12-13-8(10)11-7/h3-5H2,1-2H3. The number of likely N-dealkylation sites (N-methyl/N-ethyl adjacent to an activating group) is 1. The Labute approximate surface area is 98.4 Å². The number of hydrogen-bond acceptors (Lipinski definition) is 5. The average molecular weight is 251 g/mol. The highest BCUT2D eigenvalue weighted by Gasteiger charge is 2.12. The van der Waals surface area contributed by atoms with Crippen LogP contribution >= 0.6 is 23.2 Å². The van der Waals surface area contributed by atoms with Crippen molar-refractivity contribution in [1.82, 2.24) is 15.2 Å². The van der Waals surface area contributed by atoms with Crippen molar-refractivity contribution in [2.24, 2.45) is 0 Å². The summed E-state index contributed by atoms with van der Waals surface area (Å²) in [5.74, 6) is 0.538. The Morgan fingerprint density at radius 3 is 2.67 bits per heavy atom. The summed E-state index contributed by atoms with van der Waals surface area (Å²) in [5, 5.41) is 7.58. The van der Waals surface area contributed by atoms with Gasteiger partial charge in [-0.1, -0.05) is 11.6 Å². The van der Waals surface area contributed by atoms with E-state index >= 15 is 0 Å². The molecule has 84 valence electrons. The van der Waals surface area contributed by atoms with E-state index in [0.29, 0.717) is 19.0 Å². The van der Waals surface area contributed by atoms with Crippen molar-refractivity contribution in [1.29, 1.82) is 0 Å². The maximum atomic E-state index is 5.87. The van der Waals surface area contributed by atoms with Gasteiger partial charge in [-0.05, 0) is 18.5 Å². The van der Waals surface area contributed by atoms with Gasteiger partial charge < -0.3 is 9.64 Å². The molecule has 0 amide bonds. The maximum Gasteiger partial charge on any atom is 0.245 e. The molecule has 1 rings (SSSR count). The van der Waals surface area contributed by atoms with Gasteiger partial charge in [0.25, 0.3) is 0 Å². The number of anilines is 1. The number of nitrogens with zero attached hydrogens (tertiary/aromatic N) is 4. The van der Waals surface area contributed by atoms with Crippen LogP contribution in [0.15, 0.2) is 0 Å². The van der Waals surface area contributed by atoms with Gasteiger partial charge in [0.2, 0.25) is 5.28 Å². The molecule has 7 heteroatoms. The molecule has 0 aliphatic rings. The van der Waals surface area contributed by atoms with Crippen LogP contribution < -0.4 is 4.90 Å². The molecular formula is C8H12Cl2N4O. The molecule has 0 atom stereocenters. The minimum absolute atomic E-state index is 0.0882. The number of hydrogen-bond donors (Lipinski definition) is 0. The minimum atomic E-state index is 0.0882. The summed E-state index contributed by atoms with van der Waals surface area (Å²) in [6, 6.07) is 0. The van der Waals surface area contributed by atoms with Crippen LogP contribution in [0.2, 0.25) is 10.4 Å². The quantitative estimate of drug-likeness (QED) is 0.796. The van der Waals surface area contributed by atoms with Gasteiger partial charge in [0.15, 0.2) is 11.0 Å². The lowest BCUT2D eigenvalue weighted by atomic mass is 10.5. The summed E-state index contributed by atoms with van der Waals surface area (Å²) in [4.78, 5) is 5.95. The SMILES string of the molecule is CCN(CCOC)c1nc(Cl)nnc1Cl. The van der Waals surface area contributed by atoms with Crippen molar-refractivity contribution in [2.75, 3.05) is 31.7 Å². The van der Waals surface area contributed by atoms with Gasteiger partial charge in [-0.25, -0.2) is 0 Å². The minimum Gasteiger partial charge on any atom is -0.383 e. The molecule has 15 heavy (non-hydrogen) atoms. The molecule has 0 aliphatic heterocycles. The van der Waals surface area contributed by atoms with E-state index in [2.05, 4.69) is 15.2 Å². The summed E-state index contributed by atoms with van der Waals surface area (Å²) in [6.07, 6.45) is 0. The lowest BCUT2D eigenvalue weighted by molar-refractivity contribution is 0.205. The Bertz CT molecular complexity index is 324. The molecule has 1 aromatic rings. The highest BCUT2D eigenvalue weighted by molar-refractivity contribution is 6.32. The van der Waals surface area contributed by atoms with Crippen LogP contribution in [0.3, 0.4) is 0 Å². The molecular weight excluding hydrogens is 239 g/mol. The van der Waals surface area contributed by atoms with Gasteiger partial charge >= 0.3 is 0 Å². The summed E-state index contributed by atoms with van der Waals surface area (Å²) in [5.41, 5.74) is 0. The fourth-order valence-corrected chi connectivity index (χ4v) is 1.42. The van der Waals surface area contributed by atoms with Gasteiger partial charge in [-0.2, -0.15) is 4.98 Å². The van der Waals surface area contributed by atoms with Crippen LogP contribution in [0.25, 0.3) is 0 Å². The molecule has 0 unspecified atom stereocenters. The largest absolute Gasteiger partial charge is 0.383 e. The van der Waals surface area contributed by atoms with E-state index in [1.165, 1.54) is 0 Å². The molecule has 1 heterocycles. The zero-order valence-electron chi connectivity index (χ0n) is 8.57. The predicted molar refractivity (Wildman–Crippen MR) is 59.6 cm³/mol. The summed E-state index contributed by atoms with van der Waals surface area (Å²) in [6.45, 7) is 4.01. The van der Waals surface area contributed by atoms with Crippen LogP contribution in [-0.2, 0) is 4.74 Å². The monoisotopic (exact) mass is 250 g/mol. The Balaban J connectivity index is 2.85. The maximum absolute atomic E-state index is 5.87. The first-order valence-electron chi connectivity index (χ1n) is 4.48. The highest BCUT2D eigenvalue weighted by Crippen LogP contribution is 2.20. The third kappa shape index (κ3) is 3.44. The van der Waals surface area contributed by atoms with E-state index in [9.17, 15) is 0 Å². The lowest BCUT2D eigenvalue weighted by Gasteiger charge is -2.21. The highest BCUT2D eigenvalue weighted by atomic mass is 35.5. The number of halogens is 2. The Kier molecular flexibility index (Phi) is 5.01. The lowest BCUT2D eigenvalue weighted by Crippen LogP contribution is -2.28. The van der Waals surface area contributed by atoms with Gasteiger partial charge in [-0.3, -0.25) is 0 Å². The van der Waals surface area contributed by atoms with E-state index in [-0.39, 0.29) is 10.4 Å². The van der Waals surface area contributed by atoms with Crippen LogP contribution in [0, 0.1) is 0 Å². The van der Waals surface area contributed by atoms with Crippen LogP contribution in [0.1, 0.15) is 6.92 Å². The van der Waals surface area contributed by atoms with Crippen molar-refractivity contribution in [3.8, 4) is 0 Å². The molecule has 0 aromatic carbocycles. The summed E-state index contributed by atoms with van der Waals surface area (Å²) < 4.78 is 4.98. The second-order valence-corrected chi connectivity index (χ2v) is 3.46. The summed E-state index contributed by atoms with van der Waals surface area (Å²) in [7, 11) is 1.64. The number of aromatic nitrogens is 3. The molecule has 0 saturated carbocycles. The van der Waals surface area contributed by atoms with Crippen LogP contribution in [0.4, 0.5) is 5.82 Å². The Morgan fingerprint density at radius 2 is 2.07 bits per heavy atom. The molecule has 5 nitrogen and oxygen atoms in total. The van der Waals surface area contributed by atoms with Crippen molar-refractivity contribution < 1.29 is 4.74 Å². The smallest absolute Gasteiger partial charge is 0.245 e. The van der Waals surface area contributed by atoms with E-state index in [1.54, 1.807) is 7.11 Å². The Hall–Kier alpha value is -0.650. The first-order valence-corrected chi connectivity index (χ1v) is 5.24. The van der Waals surface area contributed by atoms with Crippen molar-refractivity contribution in [2.45, 2.75) is 6.92 Å². The van der Waals surface area contributed by atoms with E-state index in [0.717, 1.165) is 6.54 Å². The number of rotatable bonds is 5. The van der Waals surface area contributed by atoms with Crippen molar-refractivity contribution >= 4 is 29.0 Å². The van der Waals surface area contributed by atoms with Crippen molar-refractivity contribution in [3.63, 3.8) is 0 Å². The molecule has 0 bridgehead atoms. The average Bonchev–Trinajstić information content (AvgIpc) is 2.24. The third-order valence-corrected chi connectivity index (χ3v) is 2.25. The molecule has 0 radical (unpaired) electrons. The van der Waals surface area contributed by atoms with Crippen LogP contribution in [-0.4, -0.2) is 42.0 Å². The van der Waals surface area contributed by atoms with E-state index < -0.39 is 0 Å². The van der Waals surface area contributed by atoms with Gasteiger partial charge in [0, 0.05) is 20.2 Å². The first-order chi connectivity index (χ1) is 7.19. The molecule has 0 saturated heterocycles. The number of ether oxygens (including phenoxy) is 1. The van der Waals surface area contributed by atoms with Gasteiger partial charge in [0.05, 0.1) is 6.61 Å². The zero-order chi connectivity index (χ0) is 11.3. The molecule has 0 fully saturated rings. The summed E-state index contributed by atoms with van der Waals surface area (Å²) >= 11 is 11.5. The molecule has 0 N–H and O–H groups in total. The molecule has 1 aromatic heterocycles. The van der Waals surface area contributed by atoms with Crippen molar-refractivity contribution in [3.05, 3.63) is 10.4 Å². The number of methoxy groups -OCH3 is 1. The van der Waals surface area contributed by atoms with E-state index in [4.69, 9.17) is 27.9 Å². The molecule has 0 aliphatic carbocycles. The van der Waals surface area contributed by atoms with Crippen LogP contribution in [0.5, 0.6) is 0 Å². The normalized spacial score (nSPS) is 10.4. The molecule has 0 spiro atoms.